The summed E-state index contributed by atoms with van der Waals surface area (Å²) in [5, 5.41) is 2.57. The van der Waals surface area contributed by atoms with Crippen LogP contribution in [0, 0.1) is 6.92 Å². The van der Waals surface area contributed by atoms with Crippen LogP contribution >= 0.6 is 11.6 Å². The lowest BCUT2D eigenvalue weighted by Crippen LogP contribution is -2.54. The van der Waals surface area contributed by atoms with Crippen molar-refractivity contribution in [2.45, 2.75) is 26.9 Å². The smallest absolute Gasteiger partial charge is 0.335 e. The van der Waals surface area contributed by atoms with E-state index in [4.69, 9.17) is 16.3 Å². The van der Waals surface area contributed by atoms with Gasteiger partial charge in [0, 0.05) is 0 Å². The van der Waals surface area contributed by atoms with Gasteiger partial charge in [-0.25, -0.2) is 9.69 Å². The lowest BCUT2D eigenvalue weighted by molar-refractivity contribution is -0.122. The molecule has 1 heterocycles. The van der Waals surface area contributed by atoms with E-state index >= 15 is 0 Å². The van der Waals surface area contributed by atoms with Crippen molar-refractivity contribution < 1.29 is 19.1 Å². The van der Waals surface area contributed by atoms with E-state index in [0.29, 0.717) is 22.0 Å². The first kappa shape index (κ1) is 19.6. The summed E-state index contributed by atoms with van der Waals surface area (Å²) in [5.74, 6) is -0.935. The van der Waals surface area contributed by atoms with Crippen LogP contribution in [0.4, 0.5) is 10.5 Å². The zero-order valence-corrected chi connectivity index (χ0v) is 16.4. The van der Waals surface area contributed by atoms with Gasteiger partial charge >= 0.3 is 6.03 Å². The van der Waals surface area contributed by atoms with E-state index in [1.807, 2.05) is 13.8 Å². The highest BCUT2D eigenvalue weighted by Crippen LogP contribution is 2.29. The van der Waals surface area contributed by atoms with Crippen molar-refractivity contribution in [3.63, 3.8) is 0 Å². The second-order valence-electron chi connectivity index (χ2n) is 6.60. The molecule has 0 aliphatic carbocycles. The molecule has 1 saturated heterocycles. The van der Waals surface area contributed by atoms with Gasteiger partial charge in [-0.15, -0.1) is 0 Å². The van der Waals surface area contributed by atoms with Gasteiger partial charge in [-0.1, -0.05) is 35.9 Å². The molecule has 1 N–H and O–H groups in total. The summed E-state index contributed by atoms with van der Waals surface area (Å²) < 4.78 is 5.58. The van der Waals surface area contributed by atoms with Crippen molar-refractivity contribution in [2.24, 2.45) is 0 Å². The number of rotatable bonds is 4. The van der Waals surface area contributed by atoms with E-state index in [1.54, 1.807) is 49.4 Å². The molecule has 2 aromatic rings. The van der Waals surface area contributed by atoms with E-state index in [-0.39, 0.29) is 11.7 Å². The summed E-state index contributed by atoms with van der Waals surface area (Å²) in [5.41, 5.74) is 1.54. The highest BCUT2D eigenvalue weighted by atomic mass is 35.5. The number of ether oxygens (including phenoxy) is 1. The minimum absolute atomic E-state index is 0.0407. The number of anilines is 1. The van der Waals surface area contributed by atoms with Gasteiger partial charge in [0.25, 0.3) is 11.8 Å². The third-order valence-corrected chi connectivity index (χ3v) is 4.38. The molecule has 2 aromatic carbocycles. The third-order valence-electron chi connectivity index (χ3n) is 4.09. The summed E-state index contributed by atoms with van der Waals surface area (Å²) in [7, 11) is 0. The minimum atomic E-state index is -0.778. The Kier molecular flexibility index (Phi) is 5.51. The number of nitrogens with one attached hydrogen (secondary N) is 1. The lowest BCUT2D eigenvalue weighted by atomic mass is 10.1. The minimum Gasteiger partial charge on any atom is -0.489 e. The number of hydrogen-bond donors (Lipinski definition) is 1. The van der Waals surface area contributed by atoms with Crippen LogP contribution in [0.15, 0.2) is 48.0 Å². The van der Waals surface area contributed by atoms with Gasteiger partial charge in [-0.2, -0.15) is 0 Å². The highest BCUT2D eigenvalue weighted by Gasteiger charge is 2.37. The van der Waals surface area contributed by atoms with E-state index in [0.717, 1.165) is 10.5 Å². The summed E-state index contributed by atoms with van der Waals surface area (Å²) in [4.78, 5) is 38.4. The van der Waals surface area contributed by atoms with Crippen LogP contribution in [0.1, 0.15) is 25.0 Å². The van der Waals surface area contributed by atoms with Gasteiger partial charge in [-0.05, 0) is 56.2 Å². The molecule has 0 spiro atoms. The Morgan fingerprint density at radius 1 is 1.11 bits per heavy atom. The number of carbonyl (C=O) groups excluding carboxylic acids is 3. The quantitative estimate of drug-likeness (QED) is 0.621. The summed E-state index contributed by atoms with van der Waals surface area (Å²) >= 11 is 6.23. The number of carbonyl (C=O) groups is 3. The van der Waals surface area contributed by atoms with E-state index in [1.165, 1.54) is 6.08 Å². The Balaban J connectivity index is 1.98. The molecule has 6 nitrogen and oxygen atoms in total. The fourth-order valence-corrected chi connectivity index (χ4v) is 3.05. The normalized spacial score (nSPS) is 16.0. The Morgan fingerprint density at radius 2 is 1.82 bits per heavy atom. The molecule has 3 rings (SSSR count). The number of benzene rings is 2. The molecule has 1 fully saturated rings. The number of urea groups is 1. The maximum absolute atomic E-state index is 12.9. The van der Waals surface area contributed by atoms with Crippen LogP contribution in [0.25, 0.3) is 6.08 Å². The van der Waals surface area contributed by atoms with Crippen molar-refractivity contribution in [2.75, 3.05) is 4.90 Å². The van der Waals surface area contributed by atoms with E-state index < -0.39 is 17.8 Å². The maximum atomic E-state index is 12.9. The molecule has 0 bridgehead atoms. The molecule has 144 valence electrons. The van der Waals surface area contributed by atoms with Gasteiger partial charge < -0.3 is 4.74 Å². The Labute approximate surface area is 167 Å². The average Bonchev–Trinajstić information content (AvgIpc) is 2.62. The number of halogens is 1. The second kappa shape index (κ2) is 7.86. The zero-order chi connectivity index (χ0) is 20.4. The standard InChI is InChI=1S/C21H19ClN2O4/c1-12(2)28-18-9-8-14(11-16(18)22)10-15-19(25)23-21(27)24(20(15)26)17-7-5-4-6-13(17)3/h4-12H,1-3H3,(H,23,25,27)/b15-10+. The molecule has 28 heavy (non-hydrogen) atoms. The molecule has 4 amide bonds. The maximum Gasteiger partial charge on any atom is 0.335 e. The van der Waals surface area contributed by atoms with Crippen molar-refractivity contribution in [1.29, 1.82) is 0 Å². The Bertz CT molecular complexity index is 998. The molecule has 0 radical (unpaired) electrons. The van der Waals surface area contributed by atoms with Gasteiger partial charge in [0.05, 0.1) is 16.8 Å². The highest BCUT2D eigenvalue weighted by molar-refractivity contribution is 6.39. The fraction of sp³-hybridized carbons (Fsp3) is 0.190. The number of para-hydroxylation sites is 1. The molecule has 1 aliphatic heterocycles. The SMILES string of the molecule is Cc1ccccc1N1C(=O)NC(=O)/C(=C\c2ccc(OC(C)C)c(Cl)c2)C1=O. The van der Waals surface area contributed by atoms with E-state index in [9.17, 15) is 14.4 Å². The average molecular weight is 399 g/mol. The first-order valence-corrected chi connectivity index (χ1v) is 9.09. The zero-order valence-electron chi connectivity index (χ0n) is 15.7. The van der Waals surface area contributed by atoms with Crippen LogP contribution in [0.3, 0.4) is 0 Å². The number of nitrogens with zero attached hydrogens (tertiary/aromatic N) is 1. The van der Waals surface area contributed by atoms with Gasteiger partial charge in [0.15, 0.2) is 0 Å². The lowest BCUT2D eigenvalue weighted by Gasteiger charge is -2.27. The third kappa shape index (κ3) is 3.92. The molecular weight excluding hydrogens is 380 g/mol. The van der Waals surface area contributed by atoms with Crippen molar-refractivity contribution in [3.05, 3.63) is 64.2 Å². The van der Waals surface area contributed by atoms with Crippen molar-refractivity contribution in [1.82, 2.24) is 5.32 Å². The molecule has 0 atom stereocenters. The largest absolute Gasteiger partial charge is 0.489 e. The number of amides is 4. The predicted octanol–water partition coefficient (Wildman–Crippen LogP) is 4.10. The van der Waals surface area contributed by atoms with Crippen LogP contribution in [-0.4, -0.2) is 23.9 Å². The Hall–Kier alpha value is -3.12. The van der Waals surface area contributed by atoms with Crippen molar-refractivity contribution >= 4 is 41.2 Å². The molecular formula is C21H19ClN2O4. The molecule has 7 heteroatoms. The molecule has 0 saturated carbocycles. The molecule has 0 aromatic heterocycles. The van der Waals surface area contributed by atoms with Crippen LogP contribution in [-0.2, 0) is 9.59 Å². The summed E-state index contributed by atoms with van der Waals surface area (Å²) in [6.07, 6.45) is 1.36. The van der Waals surface area contributed by atoms with Gasteiger partial charge in [0.2, 0.25) is 0 Å². The molecule has 0 unspecified atom stereocenters. The van der Waals surface area contributed by atoms with Gasteiger partial charge in [0.1, 0.15) is 11.3 Å². The van der Waals surface area contributed by atoms with Crippen LogP contribution < -0.4 is 15.0 Å². The Morgan fingerprint density at radius 3 is 2.46 bits per heavy atom. The van der Waals surface area contributed by atoms with Crippen molar-refractivity contribution in [3.8, 4) is 5.75 Å². The van der Waals surface area contributed by atoms with Crippen LogP contribution in [0.2, 0.25) is 5.02 Å². The number of hydrogen-bond acceptors (Lipinski definition) is 4. The van der Waals surface area contributed by atoms with E-state index in [2.05, 4.69) is 5.32 Å². The number of aryl methyl sites for hydroxylation is 1. The monoisotopic (exact) mass is 398 g/mol. The van der Waals surface area contributed by atoms with Crippen LogP contribution in [0.5, 0.6) is 5.75 Å². The number of barbiturate groups is 1. The summed E-state index contributed by atoms with van der Waals surface area (Å²) in [6.45, 7) is 5.55. The fourth-order valence-electron chi connectivity index (χ4n) is 2.81. The topological polar surface area (TPSA) is 75.7 Å². The second-order valence-corrected chi connectivity index (χ2v) is 7.01. The predicted molar refractivity (Wildman–Crippen MR) is 107 cm³/mol. The number of imide groups is 2. The first-order chi connectivity index (χ1) is 13.3. The molecule has 1 aliphatic rings. The summed E-state index contributed by atoms with van der Waals surface area (Å²) in [6, 6.07) is 11.1. The first-order valence-electron chi connectivity index (χ1n) is 8.71. The van der Waals surface area contributed by atoms with Gasteiger partial charge in [-0.3, -0.25) is 14.9 Å².